The summed E-state index contributed by atoms with van der Waals surface area (Å²) in [5, 5.41) is 9.97. The Balaban J connectivity index is 2.25. The van der Waals surface area contributed by atoms with Gasteiger partial charge in [0.2, 0.25) is 0 Å². The van der Waals surface area contributed by atoms with E-state index in [-0.39, 0.29) is 0 Å². The number of hydrogen-bond donors (Lipinski definition) is 1. The van der Waals surface area contributed by atoms with Crippen molar-refractivity contribution in [2.24, 2.45) is 0 Å². The first-order valence-corrected chi connectivity index (χ1v) is 6.10. The van der Waals surface area contributed by atoms with Crippen LogP contribution in [0.4, 0.5) is 18.2 Å². The average Bonchev–Trinajstić information content (AvgIpc) is 2.92. The van der Waals surface area contributed by atoms with E-state index in [0.717, 1.165) is 12.3 Å². The molecular formula is C11H7F3N4S. The number of thiophene rings is 1. The Morgan fingerprint density at radius 3 is 2.58 bits per heavy atom. The number of alkyl halides is 3. The van der Waals surface area contributed by atoms with Gasteiger partial charge in [-0.2, -0.15) is 13.2 Å². The van der Waals surface area contributed by atoms with Crippen molar-refractivity contribution in [1.82, 2.24) is 14.6 Å². The van der Waals surface area contributed by atoms with Crippen LogP contribution in [-0.2, 0) is 6.18 Å². The highest BCUT2D eigenvalue weighted by molar-refractivity contribution is 7.14. The zero-order valence-electron chi connectivity index (χ0n) is 9.35. The van der Waals surface area contributed by atoms with Crippen LogP contribution in [0.5, 0.6) is 0 Å². The molecule has 0 atom stereocenters. The minimum Gasteiger partial charge on any atom is -0.390 e. The van der Waals surface area contributed by atoms with E-state index in [0.29, 0.717) is 22.0 Å². The summed E-state index contributed by atoms with van der Waals surface area (Å²) in [6.07, 6.45) is -3.43. The third-order valence-corrected chi connectivity index (χ3v) is 3.41. The lowest BCUT2D eigenvalue weighted by Crippen LogP contribution is -2.06. The molecule has 0 aromatic carbocycles. The molecular weight excluding hydrogens is 277 g/mol. The van der Waals surface area contributed by atoms with Crippen LogP contribution < -0.4 is 5.73 Å². The molecule has 3 rings (SSSR count). The zero-order valence-corrected chi connectivity index (χ0v) is 10.2. The number of anilines is 1. The van der Waals surface area contributed by atoms with Crippen molar-refractivity contribution in [3.8, 4) is 11.4 Å². The number of nitrogens with two attached hydrogens (primary N) is 1. The largest absolute Gasteiger partial charge is 0.417 e. The molecule has 0 fully saturated rings. The van der Waals surface area contributed by atoms with Crippen molar-refractivity contribution >= 4 is 22.0 Å². The van der Waals surface area contributed by atoms with Gasteiger partial charge in [0.25, 0.3) is 0 Å². The Kier molecular flexibility index (Phi) is 2.49. The fourth-order valence-electron chi connectivity index (χ4n) is 1.75. The molecule has 98 valence electrons. The lowest BCUT2D eigenvalue weighted by molar-refractivity contribution is -0.137. The van der Waals surface area contributed by atoms with Gasteiger partial charge in [-0.25, -0.2) is 0 Å². The van der Waals surface area contributed by atoms with Crippen LogP contribution in [0.15, 0.2) is 29.8 Å². The molecule has 19 heavy (non-hydrogen) atoms. The predicted molar refractivity (Wildman–Crippen MR) is 65.7 cm³/mol. The predicted octanol–water partition coefficient (Wildman–Crippen LogP) is 3.06. The minimum absolute atomic E-state index is 0.305. The first kappa shape index (κ1) is 12.0. The van der Waals surface area contributed by atoms with Gasteiger partial charge in [0.1, 0.15) is 0 Å². The van der Waals surface area contributed by atoms with Gasteiger partial charge < -0.3 is 5.73 Å². The maximum atomic E-state index is 12.7. The molecule has 0 aliphatic carbocycles. The molecule has 0 saturated carbocycles. The van der Waals surface area contributed by atoms with E-state index in [1.165, 1.54) is 21.8 Å². The van der Waals surface area contributed by atoms with E-state index in [4.69, 9.17) is 5.73 Å². The molecule has 0 unspecified atom stereocenters. The summed E-state index contributed by atoms with van der Waals surface area (Å²) < 4.78 is 39.4. The lowest BCUT2D eigenvalue weighted by Gasteiger charge is -2.07. The lowest BCUT2D eigenvalue weighted by atomic mass is 10.2. The molecule has 0 bridgehead atoms. The fourth-order valence-corrected chi connectivity index (χ4v) is 2.38. The second-order valence-electron chi connectivity index (χ2n) is 3.87. The Morgan fingerprint density at radius 1 is 1.16 bits per heavy atom. The quantitative estimate of drug-likeness (QED) is 0.747. The first-order valence-electron chi connectivity index (χ1n) is 5.22. The summed E-state index contributed by atoms with van der Waals surface area (Å²) in [6, 6.07) is 3.96. The number of nitrogen functional groups attached to an aromatic ring is 1. The van der Waals surface area contributed by atoms with Crippen molar-refractivity contribution in [3.05, 3.63) is 35.3 Å². The summed E-state index contributed by atoms with van der Waals surface area (Å²) in [5.74, 6) is 0.305. The third-order valence-electron chi connectivity index (χ3n) is 2.67. The molecule has 0 spiro atoms. The van der Waals surface area contributed by atoms with Crippen molar-refractivity contribution < 1.29 is 13.2 Å². The van der Waals surface area contributed by atoms with Crippen molar-refractivity contribution in [2.45, 2.75) is 6.18 Å². The van der Waals surface area contributed by atoms with Gasteiger partial charge in [-0.05, 0) is 23.6 Å². The minimum atomic E-state index is -4.41. The van der Waals surface area contributed by atoms with E-state index in [2.05, 4.69) is 10.2 Å². The summed E-state index contributed by atoms with van der Waals surface area (Å²) in [4.78, 5) is 0. The van der Waals surface area contributed by atoms with Crippen LogP contribution in [0.1, 0.15) is 5.56 Å². The van der Waals surface area contributed by atoms with Crippen molar-refractivity contribution in [2.75, 3.05) is 5.73 Å². The molecule has 3 aromatic heterocycles. The highest BCUT2D eigenvalue weighted by Gasteiger charge is 2.31. The second-order valence-corrected chi connectivity index (χ2v) is 4.81. The van der Waals surface area contributed by atoms with E-state index in [1.54, 1.807) is 11.4 Å². The highest BCUT2D eigenvalue weighted by atomic mass is 32.1. The van der Waals surface area contributed by atoms with Crippen LogP contribution >= 0.6 is 11.3 Å². The number of aromatic nitrogens is 3. The summed E-state index contributed by atoms with van der Waals surface area (Å²) in [7, 11) is 0. The number of nitrogens with zero attached hydrogens (tertiary/aromatic N) is 3. The van der Waals surface area contributed by atoms with Gasteiger partial charge in [-0.3, -0.25) is 4.40 Å². The van der Waals surface area contributed by atoms with Gasteiger partial charge in [-0.1, -0.05) is 0 Å². The van der Waals surface area contributed by atoms with E-state index < -0.39 is 11.7 Å². The van der Waals surface area contributed by atoms with E-state index in [1.807, 2.05) is 0 Å². The maximum absolute atomic E-state index is 12.7. The highest BCUT2D eigenvalue weighted by Crippen LogP contribution is 2.32. The van der Waals surface area contributed by atoms with Gasteiger partial charge in [0, 0.05) is 6.20 Å². The number of fused-ring (bicyclic) bond motifs is 1. The molecule has 0 saturated heterocycles. The van der Waals surface area contributed by atoms with Crippen LogP contribution in [0, 0.1) is 0 Å². The first-order chi connectivity index (χ1) is 8.97. The standard InChI is InChI=1S/C11H7F3N4S/c12-11(13,14)6-1-2-8-16-17-10(18(8)5-6)7-3-4-19-9(7)15/h1-5H,15H2. The van der Waals surface area contributed by atoms with Crippen LogP contribution in [0.3, 0.4) is 0 Å². The number of hydrogen-bond acceptors (Lipinski definition) is 4. The number of halogens is 3. The van der Waals surface area contributed by atoms with Crippen LogP contribution in [0.25, 0.3) is 17.0 Å². The van der Waals surface area contributed by atoms with E-state index in [9.17, 15) is 13.2 Å². The van der Waals surface area contributed by atoms with Crippen LogP contribution in [0.2, 0.25) is 0 Å². The van der Waals surface area contributed by atoms with Crippen LogP contribution in [-0.4, -0.2) is 14.6 Å². The van der Waals surface area contributed by atoms with E-state index >= 15 is 0 Å². The molecule has 3 heterocycles. The molecule has 0 aliphatic rings. The summed E-state index contributed by atoms with van der Waals surface area (Å²) >= 11 is 1.30. The molecule has 2 N–H and O–H groups in total. The van der Waals surface area contributed by atoms with Gasteiger partial charge in [0.15, 0.2) is 11.5 Å². The van der Waals surface area contributed by atoms with Crippen molar-refractivity contribution in [1.29, 1.82) is 0 Å². The third kappa shape index (κ3) is 1.93. The Bertz CT molecular complexity index is 744. The molecule has 4 nitrogen and oxygen atoms in total. The van der Waals surface area contributed by atoms with Gasteiger partial charge >= 0.3 is 6.18 Å². The SMILES string of the molecule is Nc1sccc1-c1nnc2ccc(C(F)(F)F)cn12. The topological polar surface area (TPSA) is 56.2 Å². The second kappa shape index (κ2) is 3.95. The number of pyridine rings is 1. The summed E-state index contributed by atoms with van der Waals surface area (Å²) in [6.45, 7) is 0. The Hall–Kier alpha value is -2.09. The maximum Gasteiger partial charge on any atom is 0.417 e. The molecule has 0 radical (unpaired) electrons. The smallest absolute Gasteiger partial charge is 0.390 e. The summed E-state index contributed by atoms with van der Waals surface area (Å²) in [5.41, 5.74) is 5.93. The average molecular weight is 284 g/mol. The Morgan fingerprint density at radius 2 is 1.95 bits per heavy atom. The monoisotopic (exact) mass is 284 g/mol. The zero-order chi connectivity index (χ0) is 13.6. The van der Waals surface area contributed by atoms with Gasteiger partial charge in [-0.15, -0.1) is 21.5 Å². The van der Waals surface area contributed by atoms with Gasteiger partial charge in [0.05, 0.1) is 16.1 Å². The molecule has 0 aliphatic heterocycles. The molecule has 0 amide bonds. The molecule has 3 aromatic rings. The number of rotatable bonds is 1. The molecule has 8 heteroatoms. The van der Waals surface area contributed by atoms with Crippen molar-refractivity contribution in [3.63, 3.8) is 0 Å². The normalized spacial score (nSPS) is 12.2. The Labute approximate surface area is 109 Å². The fraction of sp³-hybridized carbons (Fsp3) is 0.0909.